The largest absolute Gasteiger partial charge is 0.394 e. The SMILES string of the molecule is CC(C)(C)CC(C)(C)C1CCC(OCCOCCOCCOCCOCCOCCOCCOCCOCCOCCOCCOCCOCCOCCOCCOCCOCCOCCOCCOCCO)CC1. The van der Waals surface area contributed by atoms with Gasteiger partial charge in [0.1, 0.15) is 0 Å². The van der Waals surface area contributed by atoms with Gasteiger partial charge in [-0.15, -0.1) is 0 Å². The van der Waals surface area contributed by atoms with E-state index in [9.17, 15) is 0 Å². The molecule has 0 atom stereocenters. The lowest BCUT2D eigenvalue weighted by atomic mass is 9.64. The zero-order valence-electron chi connectivity index (χ0n) is 47.6. The first-order valence-corrected chi connectivity index (χ1v) is 27.9. The van der Waals surface area contributed by atoms with E-state index in [-0.39, 0.29) is 6.61 Å². The summed E-state index contributed by atoms with van der Waals surface area (Å²) < 4.78 is 111. The van der Waals surface area contributed by atoms with E-state index in [2.05, 4.69) is 34.6 Å². The first-order valence-electron chi connectivity index (χ1n) is 27.9. The Bertz CT molecular complexity index is 1100. The zero-order chi connectivity index (χ0) is 54.1. The summed E-state index contributed by atoms with van der Waals surface area (Å²) in [7, 11) is 0. The summed E-state index contributed by atoms with van der Waals surface area (Å²) in [6.45, 7) is 31.5. The van der Waals surface area contributed by atoms with E-state index in [0.29, 0.717) is 275 Å². The predicted octanol–water partition coefficient (Wildman–Crippen LogP) is 4.33. The average Bonchev–Trinajstić information content (AvgIpc) is 3.38. The lowest BCUT2D eigenvalue weighted by Crippen LogP contribution is -2.34. The van der Waals surface area contributed by atoms with Crippen molar-refractivity contribution in [3.05, 3.63) is 0 Å². The second-order valence-corrected chi connectivity index (χ2v) is 19.4. The van der Waals surface area contributed by atoms with Gasteiger partial charge < -0.3 is 99.8 Å². The van der Waals surface area contributed by atoms with Crippen LogP contribution < -0.4 is 0 Å². The van der Waals surface area contributed by atoms with Crippen LogP contribution in [0.3, 0.4) is 0 Å². The van der Waals surface area contributed by atoms with Gasteiger partial charge in [0.05, 0.1) is 270 Å². The molecule has 0 unspecified atom stereocenters. The maximum atomic E-state index is 8.61. The first kappa shape index (κ1) is 72.2. The Kier molecular flexibility index (Phi) is 54.3. The van der Waals surface area contributed by atoms with Gasteiger partial charge in [0.25, 0.3) is 0 Å². The Morgan fingerprint density at radius 2 is 0.427 bits per heavy atom. The molecule has 1 aliphatic carbocycles. The normalized spacial score (nSPS) is 15.4. The number of aliphatic hydroxyl groups excluding tert-OH is 1. The predicted molar refractivity (Wildman–Crippen MR) is 282 cm³/mol. The second kappa shape index (κ2) is 56.4. The highest BCUT2D eigenvalue weighted by Crippen LogP contribution is 2.45. The molecule has 1 aliphatic rings. The summed E-state index contributed by atoms with van der Waals surface area (Å²) in [4.78, 5) is 0. The molecule has 1 rings (SSSR count). The molecule has 1 N–H and O–H groups in total. The monoisotopic (exact) mass is 1090 g/mol. The van der Waals surface area contributed by atoms with Crippen molar-refractivity contribution in [1.29, 1.82) is 0 Å². The third kappa shape index (κ3) is 54.9. The average molecular weight is 1090 g/mol. The van der Waals surface area contributed by atoms with Crippen LogP contribution >= 0.6 is 0 Å². The van der Waals surface area contributed by atoms with E-state index in [1.165, 1.54) is 19.3 Å². The number of aliphatic hydroxyl groups is 1. The Hall–Kier alpha value is -0.840. The third-order valence-corrected chi connectivity index (χ3v) is 11.3. The molecule has 0 radical (unpaired) electrons. The quantitative estimate of drug-likeness (QED) is 0.0842. The molecule has 21 nitrogen and oxygen atoms in total. The minimum Gasteiger partial charge on any atom is -0.394 e. The van der Waals surface area contributed by atoms with Gasteiger partial charge in [-0.25, -0.2) is 0 Å². The molecule has 0 heterocycles. The van der Waals surface area contributed by atoms with E-state index < -0.39 is 0 Å². The molecule has 75 heavy (non-hydrogen) atoms. The minimum atomic E-state index is 0.0199. The minimum absolute atomic E-state index is 0.0199. The van der Waals surface area contributed by atoms with Gasteiger partial charge in [-0.1, -0.05) is 34.6 Å². The number of hydrogen-bond acceptors (Lipinski definition) is 21. The maximum Gasteiger partial charge on any atom is 0.0704 e. The summed E-state index contributed by atoms with van der Waals surface area (Å²) >= 11 is 0. The fraction of sp³-hybridized carbons (Fsp3) is 1.00. The van der Waals surface area contributed by atoms with Crippen molar-refractivity contribution in [2.75, 3.05) is 264 Å². The van der Waals surface area contributed by atoms with E-state index in [0.717, 1.165) is 18.8 Å². The van der Waals surface area contributed by atoms with E-state index in [1.807, 2.05) is 0 Å². The molecule has 0 aliphatic heterocycles. The van der Waals surface area contributed by atoms with Crippen LogP contribution in [0.15, 0.2) is 0 Å². The Labute approximate surface area is 452 Å². The Morgan fingerprint density at radius 1 is 0.253 bits per heavy atom. The van der Waals surface area contributed by atoms with Crippen molar-refractivity contribution in [2.45, 2.75) is 72.8 Å². The van der Waals surface area contributed by atoms with Crippen LogP contribution in [0.25, 0.3) is 0 Å². The van der Waals surface area contributed by atoms with Crippen molar-refractivity contribution in [3.8, 4) is 0 Å². The molecule has 0 amide bonds. The van der Waals surface area contributed by atoms with Crippen LogP contribution in [0.1, 0.15) is 66.7 Å². The molecule has 450 valence electrons. The molecule has 0 bridgehead atoms. The summed E-state index contributed by atoms with van der Waals surface area (Å²) in [6.07, 6.45) is 6.46. The molecular formula is C54H108O21. The fourth-order valence-corrected chi connectivity index (χ4v) is 7.92. The maximum absolute atomic E-state index is 8.61. The zero-order valence-corrected chi connectivity index (χ0v) is 47.6. The van der Waals surface area contributed by atoms with Gasteiger partial charge in [-0.05, 0) is 48.9 Å². The summed E-state index contributed by atoms with van der Waals surface area (Å²) in [5, 5.41) is 8.61. The van der Waals surface area contributed by atoms with Gasteiger partial charge in [-0.2, -0.15) is 0 Å². The van der Waals surface area contributed by atoms with Crippen molar-refractivity contribution < 1.29 is 99.8 Å². The van der Waals surface area contributed by atoms with E-state index in [4.69, 9.17) is 99.8 Å². The fourth-order valence-electron chi connectivity index (χ4n) is 7.92. The summed E-state index contributed by atoms with van der Waals surface area (Å²) in [5.41, 5.74) is 0.754. The summed E-state index contributed by atoms with van der Waals surface area (Å²) in [5.74, 6) is 0.787. The highest BCUT2D eigenvalue weighted by atomic mass is 16.6. The van der Waals surface area contributed by atoms with Crippen molar-refractivity contribution in [2.24, 2.45) is 16.7 Å². The molecule has 0 aromatic carbocycles. The van der Waals surface area contributed by atoms with Crippen LogP contribution in [0, 0.1) is 16.7 Å². The molecule has 21 heteroatoms. The summed E-state index contributed by atoms with van der Waals surface area (Å²) in [6, 6.07) is 0. The van der Waals surface area contributed by atoms with Crippen LogP contribution in [0.4, 0.5) is 0 Å². The molecule has 1 fully saturated rings. The number of rotatable bonds is 62. The Morgan fingerprint density at radius 3 is 0.600 bits per heavy atom. The topological polar surface area (TPSA) is 205 Å². The number of ether oxygens (including phenoxy) is 20. The van der Waals surface area contributed by atoms with Gasteiger partial charge in [0.2, 0.25) is 0 Å². The first-order chi connectivity index (χ1) is 36.7. The van der Waals surface area contributed by atoms with Crippen LogP contribution in [0.2, 0.25) is 0 Å². The van der Waals surface area contributed by atoms with E-state index in [1.54, 1.807) is 0 Å². The van der Waals surface area contributed by atoms with Gasteiger partial charge in [0, 0.05) is 0 Å². The lowest BCUT2D eigenvalue weighted by Gasteiger charge is -2.42. The second-order valence-electron chi connectivity index (χ2n) is 19.4. The highest BCUT2D eigenvalue weighted by molar-refractivity contribution is 4.86. The lowest BCUT2D eigenvalue weighted by molar-refractivity contribution is -0.0415. The van der Waals surface area contributed by atoms with Crippen LogP contribution in [-0.2, 0) is 94.7 Å². The molecule has 0 spiro atoms. The van der Waals surface area contributed by atoms with Gasteiger partial charge in [0.15, 0.2) is 0 Å². The van der Waals surface area contributed by atoms with Crippen molar-refractivity contribution in [3.63, 3.8) is 0 Å². The van der Waals surface area contributed by atoms with Crippen molar-refractivity contribution in [1.82, 2.24) is 0 Å². The Balaban J connectivity index is 1.62. The van der Waals surface area contributed by atoms with Crippen molar-refractivity contribution >= 4 is 0 Å². The highest BCUT2D eigenvalue weighted by Gasteiger charge is 2.36. The molecule has 0 aromatic heterocycles. The van der Waals surface area contributed by atoms with Gasteiger partial charge in [-0.3, -0.25) is 0 Å². The molecule has 0 saturated heterocycles. The van der Waals surface area contributed by atoms with Crippen LogP contribution in [-0.4, -0.2) is 275 Å². The molecular weight excluding hydrogens is 985 g/mol. The third-order valence-electron chi connectivity index (χ3n) is 11.3. The molecule has 0 aromatic rings. The standard InChI is InChI=1S/C54H108O21/c1-53(2,3)50-54(4,5)51-6-8-52(9-7-51)75-49-48-74-47-46-73-45-44-72-43-42-71-41-40-70-39-38-69-37-36-68-35-34-67-33-32-66-31-30-65-29-28-64-27-26-63-25-24-62-23-22-61-21-20-60-19-18-59-17-16-58-15-14-57-13-12-56-11-10-55/h51-52,55H,6-50H2,1-5H3. The van der Waals surface area contributed by atoms with Gasteiger partial charge >= 0.3 is 0 Å². The smallest absolute Gasteiger partial charge is 0.0704 e. The number of hydrogen-bond donors (Lipinski definition) is 1. The van der Waals surface area contributed by atoms with E-state index >= 15 is 0 Å². The van der Waals surface area contributed by atoms with Crippen LogP contribution in [0.5, 0.6) is 0 Å². The molecule has 1 saturated carbocycles.